The molecule has 0 aliphatic heterocycles. The summed E-state index contributed by atoms with van der Waals surface area (Å²) in [5.41, 5.74) is 4.16. The van der Waals surface area contributed by atoms with E-state index in [1.165, 1.54) is 5.56 Å². The fourth-order valence-electron chi connectivity index (χ4n) is 4.17. The lowest BCUT2D eigenvalue weighted by molar-refractivity contribution is -0.137. The van der Waals surface area contributed by atoms with Gasteiger partial charge in [-0.25, -0.2) is 4.98 Å². The molecule has 162 valence electrons. The summed E-state index contributed by atoms with van der Waals surface area (Å²) in [6.45, 7) is 2.55. The number of oxazole rings is 1. The van der Waals surface area contributed by atoms with E-state index in [2.05, 4.69) is 6.92 Å². The van der Waals surface area contributed by atoms with Gasteiger partial charge in [-0.1, -0.05) is 13.0 Å². The van der Waals surface area contributed by atoms with Gasteiger partial charge in [-0.15, -0.1) is 0 Å². The second-order valence-corrected chi connectivity index (χ2v) is 7.76. The number of benzene rings is 2. The summed E-state index contributed by atoms with van der Waals surface area (Å²) in [4.78, 5) is 15.7. The number of fused-ring (bicyclic) bond motifs is 1. The molecule has 3 aromatic rings. The number of hydrogen-bond acceptors (Lipinski definition) is 5. The largest absolute Gasteiger partial charge is 0.497 e. The molecule has 0 amide bonds. The zero-order valence-electron chi connectivity index (χ0n) is 17.9. The number of aromatic nitrogens is 1. The van der Waals surface area contributed by atoms with Crippen LogP contribution in [0.15, 0.2) is 46.9 Å². The van der Waals surface area contributed by atoms with Crippen LogP contribution < -0.4 is 9.47 Å². The highest BCUT2D eigenvalue weighted by Crippen LogP contribution is 2.37. The molecule has 1 atom stereocenters. The van der Waals surface area contributed by atoms with Crippen LogP contribution >= 0.6 is 0 Å². The molecule has 6 heteroatoms. The predicted octanol–water partition coefficient (Wildman–Crippen LogP) is 5.04. The van der Waals surface area contributed by atoms with E-state index in [0.717, 1.165) is 53.3 Å². The summed E-state index contributed by atoms with van der Waals surface area (Å²) in [6, 6.07) is 13.7. The molecule has 0 unspecified atom stereocenters. The first-order valence-electron chi connectivity index (χ1n) is 10.7. The monoisotopic (exact) mass is 421 g/mol. The van der Waals surface area contributed by atoms with Crippen LogP contribution in [0, 0.1) is 0 Å². The lowest BCUT2D eigenvalue weighted by Crippen LogP contribution is -2.05. The summed E-state index contributed by atoms with van der Waals surface area (Å²) >= 11 is 0. The van der Waals surface area contributed by atoms with Gasteiger partial charge in [-0.05, 0) is 66.3 Å². The Labute approximate surface area is 181 Å². The molecule has 0 fully saturated rings. The van der Waals surface area contributed by atoms with Crippen LogP contribution in [0.2, 0.25) is 0 Å². The predicted molar refractivity (Wildman–Crippen MR) is 117 cm³/mol. The smallest absolute Gasteiger partial charge is 0.303 e. The highest BCUT2D eigenvalue weighted by molar-refractivity contribution is 5.68. The van der Waals surface area contributed by atoms with Crippen molar-refractivity contribution in [1.29, 1.82) is 0 Å². The third kappa shape index (κ3) is 4.74. The Kier molecular flexibility index (Phi) is 6.26. The lowest BCUT2D eigenvalue weighted by atomic mass is 9.98. The molecule has 0 bridgehead atoms. The molecule has 0 radical (unpaired) electrons. The van der Waals surface area contributed by atoms with E-state index in [1.54, 1.807) is 7.11 Å². The number of aliphatic carboxylic acids is 1. The van der Waals surface area contributed by atoms with Crippen molar-refractivity contribution >= 4 is 5.97 Å². The number of carboxylic acids is 1. The molecule has 1 aliphatic rings. The van der Waals surface area contributed by atoms with Gasteiger partial charge in [0.2, 0.25) is 5.89 Å². The molecule has 4 rings (SSSR count). The minimum absolute atomic E-state index is 0.111. The maximum Gasteiger partial charge on any atom is 0.303 e. The van der Waals surface area contributed by atoms with Crippen molar-refractivity contribution in [3.63, 3.8) is 0 Å². The molecule has 1 aromatic heterocycles. The number of rotatable bonds is 9. The van der Waals surface area contributed by atoms with Crippen molar-refractivity contribution in [2.24, 2.45) is 0 Å². The maximum atomic E-state index is 11.0. The molecule has 1 N–H and O–H groups in total. The summed E-state index contributed by atoms with van der Waals surface area (Å²) in [5.74, 6) is 2.46. The minimum atomic E-state index is -0.744. The Morgan fingerprint density at radius 2 is 1.97 bits per heavy atom. The average molecular weight is 421 g/mol. The first-order chi connectivity index (χ1) is 15.1. The number of carbonyl (C=O) groups is 1. The zero-order chi connectivity index (χ0) is 21.8. The molecule has 6 nitrogen and oxygen atoms in total. The standard InChI is InChI=1S/C25H27NO5/c1-3-23-22(26-25(31-23)16-6-8-19(29-2)9-7-16)12-13-30-20-10-11-21-17(14-20)4-5-18(21)15-24(27)28/h6-11,14,18H,3-5,12-13,15H2,1-2H3,(H,27,28)/t18-/m1/s1. The normalized spacial score (nSPS) is 15.0. The van der Waals surface area contributed by atoms with E-state index in [0.29, 0.717) is 18.9 Å². The lowest BCUT2D eigenvalue weighted by Gasteiger charge is -2.10. The van der Waals surface area contributed by atoms with Gasteiger partial charge in [0.25, 0.3) is 0 Å². The van der Waals surface area contributed by atoms with E-state index in [9.17, 15) is 4.79 Å². The first kappa shape index (κ1) is 21.0. The van der Waals surface area contributed by atoms with Gasteiger partial charge < -0.3 is 19.0 Å². The van der Waals surface area contributed by atoms with E-state index < -0.39 is 5.97 Å². The molecule has 1 heterocycles. The molecule has 1 aliphatic carbocycles. The third-order valence-electron chi connectivity index (χ3n) is 5.78. The minimum Gasteiger partial charge on any atom is -0.497 e. The second kappa shape index (κ2) is 9.25. The van der Waals surface area contributed by atoms with Gasteiger partial charge in [-0.2, -0.15) is 0 Å². The van der Waals surface area contributed by atoms with Crippen molar-refractivity contribution in [3.05, 3.63) is 65.0 Å². The summed E-state index contributed by atoms with van der Waals surface area (Å²) in [6.07, 6.45) is 3.40. The van der Waals surface area contributed by atoms with Crippen LogP contribution in [0.3, 0.4) is 0 Å². The van der Waals surface area contributed by atoms with Crippen LogP contribution in [-0.4, -0.2) is 29.8 Å². The van der Waals surface area contributed by atoms with Crippen LogP contribution in [0.1, 0.15) is 48.3 Å². The van der Waals surface area contributed by atoms with Gasteiger partial charge in [0.05, 0.1) is 25.8 Å². The van der Waals surface area contributed by atoms with Crippen molar-refractivity contribution in [3.8, 4) is 23.0 Å². The maximum absolute atomic E-state index is 11.0. The Balaban J connectivity index is 1.39. The molecule has 0 saturated carbocycles. The highest BCUT2D eigenvalue weighted by atomic mass is 16.5. The fourth-order valence-corrected chi connectivity index (χ4v) is 4.17. The van der Waals surface area contributed by atoms with Crippen LogP contribution in [-0.2, 0) is 24.1 Å². The van der Waals surface area contributed by atoms with Crippen LogP contribution in [0.4, 0.5) is 0 Å². The second-order valence-electron chi connectivity index (χ2n) is 7.76. The van der Waals surface area contributed by atoms with Crippen molar-refractivity contribution < 1.29 is 23.8 Å². The van der Waals surface area contributed by atoms with E-state index in [1.807, 2.05) is 42.5 Å². The average Bonchev–Trinajstić information content (AvgIpc) is 3.37. The number of methoxy groups -OCH3 is 1. The number of nitrogens with zero attached hydrogens (tertiary/aromatic N) is 1. The van der Waals surface area contributed by atoms with Gasteiger partial charge in [-0.3, -0.25) is 4.79 Å². The molecular weight excluding hydrogens is 394 g/mol. The quantitative estimate of drug-likeness (QED) is 0.521. The SMILES string of the molecule is CCc1oc(-c2ccc(OC)cc2)nc1CCOc1ccc2c(c1)CC[C@@H]2CC(=O)O. The first-order valence-corrected chi connectivity index (χ1v) is 10.7. The van der Waals surface area contributed by atoms with Crippen molar-refractivity contribution in [1.82, 2.24) is 4.98 Å². The Hall–Kier alpha value is -3.28. The molecule has 0 saturated heterocycles. The third-order valence-corrected chi connectivity index (χ3v) is 5.78. The molecule has 31 heavy (non-hydrogen) atoms. The molecule has 0 spiro atoms. The molecule has 2 aromatic carbocycles. The Morgan fingerprint density at radius 3 is 2.68 bits per heavy atom. The fraction of sp³-hybridized carbons (Fsp3) is 0.360. The highest BCUT2D eigenvalue weighted by Gasteiger charge is 2.25. The van der Waals surface area contributed by atoms with Gasteiger partial charge >= 0.3 is 5.97 Å². The van der Waals surface area contributed by atoms with Crippen molar-refractivity contribution in [2.75, 3.05) is 13.7 Å². The van der Waals surface area contributed by atoms with E-state index in [4.69, 9.17) is 24.0 Å². The van der Waals surface area contributed by atoms with Gasteiger partial charge in [0, 0.05) is 18.4 Å². The van der Waals surface area contributed by atoms with Gasteiger partial charge in [0.15, 0.2) is 0 Å². The van der Waals surface area contributed by atoms with Gasteiger partial charge in [0.1, 0.15) is 17.3 Å². The Bertz CT molecular complexity index is 1050. The Morgan fingerprint density at radius 1 is 1.19 bits per heavy atom. The summed E-state index contributed by atoms with van der Waals surface area (Å²) < 4.78 is 17.2. The van der Waals surface area contributed by atoms with E-state index in [-0.39, 0.29) is 12.3 Å². The number of aryl methyl sites for hydroxylation is 2. The summed E-state index contributed by atoms with van der Waals surface area (Å²) in [5, 5.41) is 9.08. The zero-order valence-corrected chi connectivity index (χ0v) is 17.9. The number of hydrogen-bond donors (Lipinski definition) is 1. The molecular formula is C25H27NO5. The van der Waals surface area contributed by atoms with Crippen LogP contribution in [0.5, 0.6) is 11.5 Å². The van der Waals surface area contributed by atoms with Crippen molar-refractivity contribution in [2.45, 2.75) is 44.9 Å². The number of ether oxygens (including phenoxy) is 2. The number of carboxylic acid groups (broad SMARTS) is 1. The van der Waals surface area contributed by atoms with E-state index >= 15 is 0 Å². The topological polar surface area (TPSA) is 81.8 Å². The summed E-state index contributed by atoms with van der Waals surface area (Å²) in [7, 11) is 1.64. The van der Waals surface area contributed by atoms with Crippen LogP contribution in [0.25, 0.3) is 11.5 Å².